The first kappa shape index (κ1) is 9.39. The van der Waals surface area contributed by atoms with Gasteiger partial charge in [0.2, 0.25) is 0 Å². The number of nitrogen functional groups attached to an aromatic ring is 1. The predicted octanol–water partition coefficient (Wildman–Crippen LogP) is 1.65. The van der Waals surface area contributed by atoms with Crippen molar-refractivity contribution in [2.24, 2.45) is 0 Å². The maximum absolute atomic E-state index is 13.3. The molecule has 1 heterocycles. The van der Waals surface area contributed by atoms with Gasteiger partial charge in [0.1, 0.15) is 17.2 Å². The molecule has 2 rings (SSSR count). The van der Waals surface area contributed by atoms with Gasteiger partial charge in [-0.1, -0.05) is 6.07 Å². The number of hydrogen-bond donors (Lipinski definition) is 2. The molecule has 0 bridgehead atoms. The molecule has 0 radical (unpaired) electrons. The molecule has 0 saturated carbocycles. The largest absolute Gasteiger partial charge is 0.478 e. The summed E-state index contributed by atoms with van der Waals surface area (Å²) in [6, 6.07) is 5.49. The number of aromatic carboxylic acids is 1. The van der Waals surface area contributed by atoms with E-state index in [-0.39, 0.29) is 16.8 Å². The first-order chi connectivity index (χ1) is 7.09. The number of fused-ring (bicyclic) bond motifs is 1. The van der Waals surface area contributed by atoms with Crippen LogP contribution >= 0.6 is 0 Å². The maximum Gasteiger partial charge on any atom is 0.339 e. The van der Waals surface area contributed by atoms with Crippen molar-refractivity contribution < 1.29 is 14.3 Å². The minimum absolute atomic E-state index is 0.111. The van der Waals surface area contributed by atoms with Gasteiger partial charge >= 0.3 is 5.97 Å². The van der Waals surface area contributed by atoms with Gasteiger partial charge in [0.15, 0.2) is 0 Å². The van der Waals surface area contributed by atoms with Crippen molar-refractivity contribution in [3.05, 3.63) is 35.6 Å². The van der Waals surface area contributed by atoms with Crippen LogP contribution in [0.3, 0.4) is 0 Å². The third-order valence-electron chi connectivity index (χ3n) is 2.07. The molecule has 2 aromatic rings. The van der Waals surface area contributed by atoms with Crippen LogP contribution in [-0.4, -0.2) is 16.1 Å². The van der Waals surface area contributed by atoms with Crippen LogP contribution < -0.4 is 5.73 Å². The fraction of sp³-hybridized carbons (Fsp3) is 0. The molecule has 0 fully saturated rings. The molecule has 4 nitrogen and oxygen atoms in total. The second kappa shape index (κ2) is 3.20. The van der Waals surface area contributed by atoms with Crippen LogP contribution in [0.25, 0.3) is 10.9 Å². The second-order valence-electron chi connectivity index (χ2n) is 3.03. The highest BCUT2D eigenvalue weighted by Crippen LogP contribution is 2.20. The number of aromatic nitrogens is 1. The number of nitrogens with zero attached hydrogens (tertiary/aromatic N) is 1. The first-order valence-electron chi connectivity index (χ1n) is 4.17. The Morgan fingerprint density at radius 1 is 1.47 bits per heavy atom. The van der Waals surface area contributed by atoms with E-state index >= 15 is 0 Å². The normalized spacial score (nSPS) is 10.5. The Hall–Kier alpha value is -2.17. The zero-order valence-corrected chi connectivity index (χ0v) is 7.57. The molecule has 0 aliphatic heterocycles. The molecule has 1 aromatic heterocycles. The van der Waals surface area contributed by atoms with E-state index in [1.165, 1.54) is 18.2 Å². The van der Waals surface area contributed by atoms with Crippen LogP contribution in [0.5, 0.6) is 0 Å². The van der Waals surface area contributed by atoms with E-state index in [0.717, 1.165) is 0 Å². The van der Waals surface area contributed by atoms with Gasteiger partial charge in [0.25, 0.3) is 0 Å². The van der Waals surface area contributed by atoms with E-state index < -0.39 is 11.8 Å². The monoisotopic (exact) mass is 206 g/mol. The number of anilines is 1. The Morgan fingerprint density at radius 2 is 2.20 bits per heavy atom. The number of carboxylic acid groups (broad SMARTS) is 1. The van der Waals surface area contributed by atoms with Crippen LogP contribution in [-0.2, 0) is 0 Å². The van der Waals surface area contributed by atoms with E-state index in [4.69, 9.17) is 10.8 Å². The van der Waals surface area contributed by atoms with E-state index in [2.05, 4.69) is 4.98 Å². The average Bonchev–Trinajstić information content (AvgIpc) is 2.16. The molecule has 15 heavy (non-hydrogen) atoms. The highest BCUT2D eigenvalue weighted by atomic mass is 19.1. The van der Waals surface area contributed by atoms with E-state index in [9.17, 15) is 9.18 Å². The molecule has 0 atom stereocenters. The van der Waals surface area contributed by atoms with E-state index in [0.29, 0.717) is 5.52 Å². The zero-order chi connectivity index (χ0) is 11.0. The zero-order valence-electron chi connectivity index (χ0n) is 7.57. The number of carbonyl (C=O) groups is 1. The van der Waals surface area contributed by atoms with Crippen molar-refractivity contribution in [1.82, 2.24) is 4.98 Å². The lowest BCUT2D eigenvalue weighted by atomic mass is 10.1. The van der Waals surface area contributed by atoms with Gasteiger partial charge in [0.05, 0.1) is 5.52 Å². The maximum atomic E-state index is 13.3. The Labute approximate surface area is 84.2 Å². The Kier molecular flexibility index (Phi) is 2.00. The Balaban J connectivity index is 2.83. The molecule has 0 unspecified atom stereocenters. The molecule has 76 valence electrons. The van der Waals surface area contributed by atoms with Gasteiger partial charge in [-0.05, 0) is 18.2 Å². The molecule has 1 aromatic carbocycles. The van der Waals surface area contributed by atoms with Gasteiger partial charge in [0, 0.05) is 5.39 Å². The average molecular weight is 206 g/mol. The highest BCUT2D eigenvalue weighted by Gasteiger charge is 2.12. The third kappa shape index (κ3) is 1.48. The molecule has 5 heteroatoms. The Morgan fingerprint density at radius 3 is 2.87 bits per heavy atom. The summed E-state index contributed by atoms with van der Waals surface area (Å²) >= 11 is 0. The standard InChI is InChI=1S/C10H7FN2O2/c11-7-2-1-3-8-5(7)4-6(10(14)15)9(12)13-8/h1-4H,(H2,12,13)(H,14,15). The van der Waals surface area contributed by atoms with E-state index in [1.807, 2.05) is 0 Å². The summed E-state index contributed by atoms with van der Waals surface area (Å²) < 4.78 is 13.3. The first-order valence-corrected chi connectivity index (χ1v) is 4.17. The summed E-state index contributed by atoms with van der Waals surface area (Å²) in [6.07, 6.45) is 0. The minimum Gasteiger partial charge on any atom is -0.478 e. The molecule has 0 saturated heterocycles. The summed E-state index contributed by atoms with van der Waals surface area (Å²) in [5, 5.41) is 8.93. The van der Waals surface area contributed by atoms with Crippen LogP contribution in [0.2, 0.25) is 0 Å². The topological polar surface area (TPSA) is 76.2 Å². The lowest BCUT2D eigenvalue weighted by molar-refractivity contribution is 0.0698. The van der Waals surface area contributed by atoms with Crippen molar-refractivity contribution in [2.75, 3.05) is 5.73 Å². The van der Waals surface area contributed by atoms with Crippen molar-refractivity contribution in [2.45, 2.75) is 0 Å². The fourth-order valence-corrected chi connectivity index (χ4v) is 1.35. The van der Waals surface area contributed by atoms with Gasteiger partial charge < -0.3 is 10.8 Å². The lowest BCUT2D eigenvalue weighted by Gasteiger charge is -2.03. The number of rotatable bonds is 1. The van der Waals surface area contributed by atoms with Crippen molar-refractivity contribution >= 4 is 22.7 Å². The van der Waals surface area contributed by atoms with Gasteiger partial charge in [-0.2, -0.15) is 0 Å². The van der Waals surface area contributed by atoms with Gasteiger partial charge in [-0.25, -0.2) is 14.2 Å². The minimum atomic E-state index is -1.22. The van der Waals surface area contributed by atoms with Crippen LogP contribution in [0.4, 0.5) is 10.2 Å². The number of halogens is 1. The predicted molar refractivity (Wildman–Crippen MR) is 53.1 cm³/mol. The van der Waals surface area contributed by atoms with Crippen molar-refractivity contribution in [3.8, 4) is 0 Å². The molecule has 0 amide bonds. The van der Waals surface area contributed by atoms with Gasteiger partial charge in [-0.3, -0.25) is 0 Å². The molecular weight excluding hydrogens is 199 g/mol. The quantitative estimate of drug-likeness (QED) is 0.743. The number of hydrogen-bond acceptors (Lipinski definition) is 3. The molecule has 0 aliphatic rings. The molecule has 0 spiro atoms. The Bertz CT molecular complexity index is 554. The summed E-state index contributed by atoms with van der Waals surface area (Å²) in [7, 11) is 0. The highest BCUT2D eigenvalue weighted by molar-refractivity contribution is 5.97. The van der Waals surface area contributed by atoms with Crippen molar-refractivity contribution in [3.63, 3.8) is 0 Å². The summed E-state index contributed by atoms with van der Waals surface area (Å²) in [5.74, 6) is -1.84. The number of nitrogens with two attached hydrogens (primary N) is 1. The molecular formula is C10H7FN2O2. The SMILES string of the molecule is Nc1nc2cccc(F)c2cc1C(=O)O. The summed E-state index contributed by atoms with van der Waals surface area (Å²) in [6.45, 7) is 0. The fourth-order valence-electron chi connectivity index (χ4n) is 1.35. The second-order valence-corrected chi connectivity index (χ2v) is 3.03. The molecule has 0 aliphatic carbocycles. The molecule has 3 N–H and O–H groups in total. The van der Waals surface area contributed by atoms with Crippen LogP contribution in [0.15, 0.2) is 24.3 Å². The van der Waals surface area contributed by atoms with Crippen LogP contribution in [0.1, 0.15) is 10.4 Å². The summed E-state index contributed by atoms with van der Waals surface area (Å²) in [5.41, 5.74) is 5.58. The van der Waals surface area contributed by atoms with Gasteiger partial charge in [-0.15, -0.1) is 0 Å². The lowest BCUT2D eigenvalue weighted by Crippen LogP contribution is -2.05. The van der Waals surface area contributed by atoms with E-state index in [1.54, 1.807) is 6.07 Å². The third-order valence-corrected chi connectivity index (χ3v) is 2.07. The smallest absolute Gasteiger partial charge is 0.339 e. The number of carboxylic acids is 1. The number of benzene rings is 1. The number of pyridine rings is 1. The van der Waals surface area contributed by atoms with Crippen molar-refractivity contribution in [1.29, 1.82) is 0 Å². The summed E-state index contributed by atoms with van der Waals surface area (Å²) in [4.78, 5) is 14.5. The van der Waals surface area contributed by atoms with Crippen LogP contribution in [0, 0.1) is 5.82 Å².